The molecule has 0 unspecified atom stereocenters. The van der Waals surface area contributed by atoms with E-state index in [0.29, 0.717) is 13.2 Å². The van der Waals surface area contributed by atoms with Crippen LogP contribution in [0.15, 0.2) is 29.2 Å². The Kier molecular flexibility index (Phi) is 6.07. The number of morpholine rings is 1. The number of sulfonamides is 2. The molecule has 0 saturated carbocycles. The fourth-order valence-corrected chi connectivity index (χ4v) is 6.97. The second-order valence-electron chi connectivity index (χ2n) is 8.94. The van der Waals surface area contributed by atoms with Crippen LogP contribution in [0.5, 0.6) is 0 Å². The molecule has 2 aliphatic rings. The number of carbonyl (C=O) groups is 1. The topological polar surface area (TPSA) is 113 Å². The van der Waals surface area contributed by atoms with Crippen LogP contribution in [0.3, 0.4) is 0 Å². The van der Waals surface area contributed by atoms with Gasteiger partial charge in [0.15, 0.2) is 0 Å². The lowest BCUT2D eigenvalue weighted by Gasteiger charge is -2.40. The first-order chi connectivity index (χ1) is 13.8. The Morgan fingerprint density at radius 1 is 1.13 bits per heavy atom. The zero-order chi connectivity index (χ0) is 22.4. The molecular formula is C19H29N3O6S2. The predicted molar refractivity (Wildman–Crippen MR) is 113 cm³/mol. The van der Waals surface area contributed by atoms with E-state index in [1.165, 1.54) is 24.3 Å². The summed E-state index contributed by atoms with van der Waals surface area (Å²) in [5.41, 5.74) is -1.27. The van der Waals surface area contributed by atoms with Crippen molar-refractivity contribution < 1.29 is 26.4 Å². The van der Waals surface area contributed by atoms with Crippen LogP contribution < -0.4 is 9.03 Å². The van der Waals surface area contributed by atoms with Crippen LogP contribution in [0.1, 0.15) is 27.7 Å². The van der Waals surface area contributed by atoms with Crippen molar-refractivity contribution in [2.24, 2.45) is 5.41 Å². The number of nitrogens with one attached hydrogen (secondary N) is 1. The molecule has 2 fully saturated rings. The van der Waals surface area contributed by atoms with Crippen LogP contribution in [-0.4, -0.2) is 71.8 Å². The second-order valence-corrected chi connectivity index (χ2v) is 12.5. The van der Waals surface area contributed by atoms with Crippen molar-refractivity contribution in [2.45, 2.75) is 38.1 Å². The van der Waals surface area contributed by atoms with E-state index in [0.717, 1.165) is 17.4 Å². The Morgan fingerprint density at radius 2 is 1.70 bits per heavy atom. The third kappa shape index (κ3) is 4.54. The van der Waals surface area contributed by atoms with E-state index in [1.807, 2.05) is 13.8 Å². The van der Waals surface area contributed by atoms with Gasteiger partial charge in [0.05, 0.1) is 35.0 Å². The van der Waals surface area contributed by atoms with Crippen molar-refractivity contribution in [1.29, 1.82) is 0 Å². The minimum atomic E-state index is -3.80. The summed E-state index contributed by atoms with van der Waals surface area (Å²) in [6, 6.07) is 5.32. The maximum Gasteiger partial charge on any atom is 0.247 e. The largest absolute Gasteiger partial charge is 0.379 e. The molecule has 1 aromatic rings. The molecule has 1 amide bonds. The summed E-state index contributed by atoms with van der Waals surface area (Å²) in [4.78, 5) is 14.7. The number of carbonyl (C=O) groups excluding carboxylic acids is 1. The fourth-order valence-electron chi connectivity index (χ4n) is 3.66. The van der Waals surface area contributed by atoms with E-state index in [4.69, 9.17) is 4.74 Å². The smallest absolute Gasteiger partial charge is 0.247 e. The average molecular weight is 460 g/mol. The summed E-state index contributed by atoms with van der Waals surface area (Å²) in [6.45, 7) is 10.0. The molecule has 3 rings (SSSR count). The summed E-state index contributed by atoms with van der Waals surface area (Å²) in [5, 5.41) is 0. The standard InChI is InChI=1S/C19H29N3O6S2/c1-18(2)14-29(24,25)22(17(18)23)15-5-7-16(8-6-15)30(26,27)20-13-19(3,4)21-9-11-28-12-10-21/h5-8,20H,9-14H2,1-4H3. The van der Waals surface area contributed by atoms with Crippen molar-refractivity contribution in [1.82, 2.24) is 9.62 Å². The van der Waals surface area contributed by atoms with Gasteiger partial charge in [-0.05, 0) is 52.0 Å². The molecule has 2 heterocycles. The van der Waals surface area contributed by atoms with Gasteiger partial charge < -0.3 is 4.74 Å². The predicted octanol–water partition coefficient (Wildman–Crippen LogP) is 0.778. The van der Waals surface area contributed by atoms with Crippen molar-refractivity contribution in [2.75, 3.05) is 42.9 Å². The van der Waals surface area contributed by atoms with Crippen molar-refractivity contribution >= 4 is 31.6 Å². The van der Waals surface area contributed by atoms with Gasteiger partial charge in [0.2, 0.25) is 26.0 Å². The highest BCUT2D eigenvalue weighted by Gasteiger charge is 2.49. The van der Waals surface area contributed by atoms with Gasteiger partial charge in [0, 0.05) is 25.2 Å². The van der Waals surface area contributed by atoms with Gasteiger partial charge in [-0.25, -0.2) is 25.9 Å². The van der Waals surface area contributed by atoms with Crippen molar-refractivity contribution in [3.8, 4) is 0 Å². The molecule has 0 aliphatic carbocycles. The number of ether oxygens (including phenoxy) is 1. The summed E-state index contributed by atoms with van der Waals surface area (Å²) in [5.74, 6) is -0.805. The Bertz CT molecular complexity index is 1010. The van der Waals surface area contributed by atoms with Crippen LogP contribution in [0, 0.1) is 5.41 Å². The Balaban J connectivity index is 1.74. The Morgan fingerprint density at radius 3 is 2.20 bits per heavy atom. The zero-order valence-electron chi connectivity index (χ0n) is 17.7. The van der Waals surface area contributed by atoms with Crippen LogP contribution in [0.4, 0.5) is 5.69 Å². The molecule has 0 spiro atoms. The first kappa shape index (κ1) is 23.1. The van der Waals surface area contributed by atoms with E-state index >= 15 is 0 Å². The Hall–Kier alpha value is -1.53. The monoisotopic (exact) mass is 459 g/mol. The summed E-state index contributed by atoms with van der Waals surface area (Å²) in [6.07, 6.45) is 0. The Labute approximate surface area is 178 Å². The third-order valence-corrected chi connectivity index (χ3v) is 8.96. The van der Waals surface area contributed by atoms with Gasteiger partial charge in [-0.1, -0.05) is 0 Å². The van der Waals surface area contributed by atoms with Crippen molar-refractivity contribution in [3.63, 3.8) is 0 Å². The summed E-state index contributed by atoms with van der Waals surface area (Å²) < 4.78 is 59.0. The molecule has 11 heteroatoms. The van der Waals surface area contributed by atoms with Gasteiger partial charge >= 0.3 is 0 Å². The number of anilines is 1. The van der Waals surface area contributed by atoms with Crippen LogP contribution in [0.2, 0.25) is 0 Å². The number of nitrogens with zero attached hydrogens (tertiary/aromatic N) is 2. The van der Waals surface area contributed by atoms with Gasteiger partial charge in [-0.15, -0.1) is 0 Å². The van der Waals surface area contributed by atoms with E-state index in [2.05, 4.69) is 9.62 Å². The van der Waals surface area contributed by atoms with Gasteiger partial charge in [-0.2, -0.15) is 0 Å². The van der Waals surface area contributed by atoms with Crippen molar-refractivity contribution in [3.05, 3.63) is 24.3 Å². The fraction of sp³-hybridized carbons (Fsp3) is 0.632. The molecule has 1 aromatic carbocycles. The summed E-state index contributed by atoms with van der Waals surface area (Å²) >= 11 is 0. The number of amides is 1. The normalized spacial score (nSPS) is 22.4. The molecule has 0 atom stereocenters. The number of hydrogen-bond donors (Lipinski definition) is 1. The highest BCUT2D eigenvalue weighted by Crippen LogP contribution is 2.36. The second kappa shape index (κ2) is 7.86. The lowest BCUT2D eigenvalue weighted by molar-refractivity contribution is -0.123. The first-order valence-electron chi connectivity index (χ1n) is 9.76. The lowest BCUT2D eigenvalue weighted by Crippen LogP contribution is -2.55. The average Bonchev–Trinajstić information content (AvgIpc) is 2.83. The number of rotatable bonds is 6. The SMILES string of the molecule is CC1(C)CS(=O)(=O)N(c2ccc(S(=O)(=O)NCC(C)(C)N3CCOCC3)cc2)C1=O. The minimum Gasteiger partial charge on any atom is -0.379 e. The first-order valence-corrected chi connectivity index (χ1v) is 12.9. The third-order valence-electron chi connectivity index (χ3n) is 5.53. The highest BCUT2D eigenvalue weighted by atomic mass is 32.2. The number of hydrogen-bond acceptors (Lipinski definition) is 7. The molecule has 2 aliphatic heterocycles. The van der Waals surface area contributed by atoms with Crippen LogP contribution in [0.25, 0.3) is 0 Å². The molecule has 0 radical (unpaired) electrons. The molecule has 30 heavy (non-hydrogen) atoms. The molecule has 1 N–H and O–H groups in total. The lowest BCUT2D eigenvalue weighted by atomic mass is 9.95. The minimum absolute atomic E-state index is 0.00679. The molecule has 168 valence electrons. The quantitative estimate of drug-likeness (QED) is 0.669. The van der Waals surface area contributed by atoms with Gasteiger partial charge in [0.25, 0.3) is 0 Å². The van der Waals surface area contributed by atoms with Crippen LogP contribution in [-0.2, 0) is 29.6 Å². The van der Waals surface area contributed by atoms with E-state index in [1.54, 1.807) is 13.8 Å². The molecule has 2 saturated heterocycles. The number of benzene rings is 1. The maximum atomic E-state index is 12.7. The summed E-state index contributed by atoms with van der Waals surface area (Å²) in [7, 11) is -7.58. The molecular weight excluding hydrogens is 430 g/mol. The molecule has 9 nitrogen and oxygen atoms in total. The molecule has 0 bridgehead atoms. The molecule has 0 aromatic heterocycles. The van der Waals surface area contributed by atoms with E-state index in [9.17, 15) is 21.6 Å². The maximum absolute atomic E-state index is 12.7. The highest BCUT2D eigenvalue weighted by molar-refractivity contribution is 7.94. The van der Waals surface area contributed by atoms with Gasteiger partial charge in [0.1, 0.15) is 0 Å². The van der Waals surface area contributed by atoms with E-state index in [-0.39, 0.29) is 22.9 Å². The van der Waals surface area contributed by atoms with Crippen LogP contribution >= 0.6 is 0 Å². The van der Waals surface area contributed by atoms with Gasteiger partial charge in [-0.3, -0.25) is 9.69 Å². The van der Waals surface area contributed by atoms with E-state index < -0.39 is 36.9 Å². The zero-order valence-corrected chi connectivity index (χ0v) is 19.3.